The van der Waals surface area contributed by atoms with Crippen molar-refractivity contribution in [3.05, 3.63) is 90.7 Å². The lowest BCUT2D eigenvalue weighted by Crippen LogP contribution is -2.09. The van der Waals surface area contributed by atoms with Crippen LogP contribution in [0.25, 0.3) is 0 Å². The first-order chi connectivity index (χ1) is 14.0. The average Bonchev–Trinajstić information content (AvgIpc) is 2.69. The summed E-state index contributed by atoms with van der Waals surface area (Å²) < 4.78 is 0. The standard InChI is InChI=1S/C21H29N.C4H10.C4H8/c1-8-19(16(2)3)12-9-17(4)22-20-13-10-18(11-14-20)15-21(5,6)7;2*1-3-4-2/h8-14,22H,2,4,15H2,1,3,5-7H3;3-4H2,1-2H3;3H,1,4H2,2H3/b12-9-,19-8+;;. The van der Waals surface area contributed by atoms with Gasteiger partial charge in [-0.15, -0.1) is 6.58 Å². The van der Waals surface area contributed by atoms with Gasteiger partial charge in [-0.05, 0) is 61.4 Å². The van der Waals surface area contributed by atoms with Gasteiger partial charge < -0.3 is 5.32 Å². The van der Waals surface area contributed by atoms with Gasteiger partial charge in [0.1, 0.15) is 0 Å². The van der Waals surface area contributed by atoms with Crippen LogP contribution in [0.15, 0.2) is 85.1 Å². The van der Waals surface area contributed by atoms with Gasteiger partial charge in [0, 0.05) is 11.4 Å². The minimum atomic E-state index is 0.312. The highest BCUT2D eigenvalue weighted by Gasteiger charge is 2.10. The first-order valence-electron chi connectivity index (χ1n) is 11.2. The lowest BCUT2D eigenvalue weighted by molar-refractivity contribution is 0.411. The van der Waals surface area contributed by atoms with Gasteiger partial charge in [-0.25, -0.2) is 0 Å². The summed E-state index contributed by atoms with van der Waals surface area (Å²) in [7, 11) is 0. The van der Waals surface area contributed by atoms with Gasteiger partial charge in [0.2, 0.25) is 0 Å². The van der Waals surface area contributed by atoms with E-state index in [1.807, 2.05) is 38.2 Å². The van der Waals surface area contributed by atoms with Crippen molar-refractivity contribution in [2.45, 2.75) is 81.1 Å². The molecule has 0 unspecified atom stereocenters. The number of nitrogens with one attached hydrogen (secondary N) is 1. The van der Waals surface area contributed by atoms with E-state index < -0.39 is 0 Å². The van der Waals surface area contributed by atoms with Crippen molar-refractivity contribution in [3.8, 4) is 0 Å². The van der Waals surface area contributed by atoms with E-state index in [4.69, 9.17) is 0 Å². The second kappa shape index (κ2) is 17.6. The van der Waals surface area contributed by atoms with Crippen molar-refractivity contribution in [1.29, 1.82) is 0 Å². The number of rotatable bonds is 8. The molecule has 1 heteroatoms. The van der Waals surface area contributed by atoms with Crippen LogP contribution in [0.5, 0.6) is 0 Å². The second-order valence-electron chi connectivity index (χ2n) is 8.64. The van der Waals surface area contributed by atoms with E-state index >= 15 is 0 Å². The summed E-state index contributed by atoms with van der Waals surface area (Å²) in [6, 6.07) is 8.57. The molecule has 168 valence electrons. The molecule has 0 bridgehead atoms. The summed E-state index contributed by atoms with van der Waals surface area (Å²) in [6.07, 6.45) is 12.7. The van der Waals surface area contributed by atoms with Crippen LogP contribution in [-0.4, -0.2) is 0 Å². The molecule has 0 heterocycles. The second-order valence-corrected chi connectivity index (χ2v) is 8.64. The highest BCUT2D eigenvalue weighted by molar-refractivity contribution is 5.52. The van der Waals surface area contributed by atoms with Crippen LogP contribution >= 0.6 is 0 Å². The van der Waals surface area contributed by atoms with E-state index in [1.165, 1.54) is 18.4 Å². The molecule has 1 N–H and O–H groups in total. The first-order valence-corrected chi connectivity index (χ1v) is 11.2. The molecule has 1 nitrogen and oxygen atoms in total. The van der Waals surface area contributed by atoms with E-state index in [0.29, 0.717) is 5.41 Å². The Kier molecular flexibility index (Phi) is 17.5. The lowest BCUT2D eigenvalue weighted by Gasteiger charge is -2.18. The molecule has 0 radical (unpaired) electrons. The van der Waals surface area contributed by atoms with Crippen molar-refractivity contribution in [1.82, 2.24) is 0 Å². The van der Waals surface area contributed by atoms with Gasteiger partial charge in [0.05, 0.1) is 0 Å². The Morgan fingerprint density at radius 1 is 0.967 bits per heavy atom. The maximum Gasteiger partial charge on any atom is 0.0384 e. The molecule has 1 aromatic rings. The molecule has 0 aliphatic heterocycles. The molecular formula is C29H47N. The topological polar surface area (TPSA) is 12.0 Å². The lowest BCUT2D eigenvalue weighted by atomic mass is 9.88. The number of hydrogen-bond acceptors (Lipinski definition) is 1. The number of anilines is 1. The Labute approximate surface area is 188 Å². The molecule has 0 amide bonds. The maximum atomic E-state index is 4.04. The predicted octanol–water partition coefficient (Wildman–Crippen LogP) is 9.67. The third kappa shape index (κ3) is 17.8. The highest BCUT2D eigenvalue weighted by Crippen LogP contribution is 2.22. The Morgan fingerprint density at radius 2 is 1.47 bits per heavy atom. The zero-order valence-corrected chi connectivity index (χ0v) is 21.1. The highest BCUT2D eigenvalue weighted by atomic mass is 14.9. The number of hydrogen-bond donors (Lipinski definition) is 1. The van der Waals surface area contributed by atoms with Crippen molar-refractivity contribution >= 4 is 5.69 Å². The summed E-state index contributed by atoms with van der Waals surface area (Å²) in [5.74, 6) is 0. The van der Waals surface area contributed by atoms with Crippen molar-refractivity contribution in [3.63, 3.8) is 0 Å². The monoisotopic (exact) mass is 409 g/mol. The molecular weight excluding hydrogens is 362 g/mol. The number of benzene rings is 1. The Balaban J connectivity index is 0. The SMILES string of the molecule is C=C(/C=C\C(=C/C)C(=C)C)Nc1ccc(CC(C)(C)C)cc1.C=CCC.CCCC. The smallest absolute Gasteiger partial charge is 0.0384 e. The zero-order valence-electron chi connectivity index (χ0n) is 21.1. The predicted molar refractivity (Wildman–Crippen MR) is 141 cm³/mol. The van der Waals surface area contributed by atoms with Crippen molar-refractivity contribution < 1.29 is 0 Å². The van der Waals surface area contributed by atoms with Gasteiger partial charge in [0.25, 0.3) is 0 Å². The van der Waals surface area contributed by atoms with Crippen LogP contribution < -0.4 is 5.32 Å². The summed E-state index contributed by atoms with van der Waals surface area (Å²) in [5, 5.41) is 3.31. The third-order valence-corrected chi connectivity index (χ3v) is 4.05. The van der Waals surface area contributed by atoms with E-state index in [1.54, 1.807) is 0 Å². The van der Waals surface area contributed by atoms with Gasteiger partial charge in [-0.1, -0.05) is 103 Å². The molecule has 1 rings (SSSR count). The average molecular weight is 410 g/mol. The van der Waals surface area contributed by atoms with Crippen LogP contribution in [0.2, 0.25) is 0 Å². The molecule has 1 aromatic carbocycles. The van der Waals surface area contributed by atoms with Gasteiger partial charge in [0.15, 0.2) is 0 Å². The molecule has 0 fully saturated rings. The van der Waals surface area contributed by atoms with Crippen LogP contribution in [0, 0.1) is 5.41 Å². The van der Waals surface area contributed by atoms with Gasteiger partial charge >= 0.3 is 0 Å². The van der Waals surface area contributed by atoms with E-state index in [9.17, 15) is 0 Å². The van der Waals surface area contributed by atoms with Crippen LogP contribution in [0.4, 0.5) is 5.69 Å². The van der Waals surface area contributed by atoms with Gasteiger partial charge in [-0.2, -0.15) is 0 Å². The molecule has 0 aromatic heterocycles. The molecule has 0 aliphatic rings. The zero-order chi connectivity index (χ0) is 23.6. The minimum absolute atomic E-state index is 0.312. The van der Waals surface area contributed by atoms with Crippen molar-refractivity contribution in [2.75, 3.05) is 5.32 Å². The quantitative estimate of drug-likeness (QED) is 0.333. The molecule has 0 aliphatic carbocycles. The summed E-state index contributed by atoms with van der Waals surface area (Å²) in [4.78, 5) is 0. The Hall–Kier alpha value is -2.28. The summed E-state index contributed by atoms with van der Waals surface area (Å²) >= 11 is 0. The van der Waals surface area contributed by atoms with Gasteiger partial charge in [-0.3, -0.25) is 0 Å². The Morgan fingerprint density at radius 3 is 1.80 bits per heavy atom. The van der Waals surface area contributed by atoms with Crippen LogP contribution in [-0.2, 0) is 6.42 Å². The molecule has 0 saturated heterocycles. The van der Waals surface area contributed by atoms with Crippen LogP contribution in [0.3, 0.4) is 0 Å². The van der Waals surface area contributed by atoms with E-state index in [-0.39, 0.29) is 0 Å². The molecule has 0 atom stereocenters. The minimum Gasteiger partial charge on any atom is -0.356 e. The fourth-order valence-corrected chi connectivity index (χ4v) is 2.22. The molecule has 0 spiro atoms. The van der Waals surface area contributed by atoms with Crippen molar-refractivity contribution in [2.24, 2.45) is 5.41 Å². The normalized spacial score (nSPS) is 11.0. The fourth-order valence-electron chi connectivity index (χ4n) is 2.22. The number of allylic oxidation sites excluding steroid dienone is 6. The number of unbranched alkanes of at least 4 members (excludes halogenated alkanes) is 1. The maximum absolute atomic E-state index is 4.04. The molecule has 30 heavy (non-hydrogen) atoms. The summed E-state index contributed by atoms with van der Waals surface area (Å²) in [5.41, 5.74) is 5.78. The van der Waals surface area contributed by atoms with Crippen LogP contribution in [0.1, 0.15) is 80.2 Å². The third-order valence-electron chi connectivity index (χ3n) is 4.05. The first kappa shape index (κ1) is 29.9. The van der Waals surface area contributed by atoms with E-state index in [2.05, 4.69) is 90.9 Å². The van der Waals surface area contributed by atoms with E-state index in [0.717, 1.165) is 35.4 Å². The summed E-state index contributed by atoms with van der Waals surface area (Å²) in [6.45, 7) is 28.7. The fraction of sp³-hybridized carbons (Fsp3) is 0.448. The molecule has 0 saturated carbocycles. The Bertz CT molecular complexity index is 661. The largest absolute Gasteiger partial charge is 0.356 e.